The first kappa shape index (κ1) is 18.1. The molecule has 0 spiro atoms. The van der Waals surface area contributed by atoms with Gasteiger partial charge in [-0.15, -0.1) is 0 Å². The number of nitrogens with one attached hydrogen (secondary N) is 1. The zero-order valence-corrected chi connectivity index (χ0v) is 13.2. The predicted molar refractivity (Wildman–Crippen MR) is 79.0 cm³/mol. The number of hydrogen-bond acceptors (Lipinski definition) is 12. The Bertz CT molecular complexity index is 753. The van der Waals surface area contributed by atoms with E-state index in [0.29, 0.717) is 0 Å². The molecule has 0 unspecified atom stereocenters. The fourth-order valence-electron chi connectivity index (χ4n) is 2.60. The van der Waals surface area contributed by atoms with E-state index < -0.39 is 55.0 Å². The minimum Gasteiger partial charge on any atom is -0.462 e. The van der Waals surface area contributed by atoms with E-state index in [1.165, 1.54) is 12.3 Å². The number of rotatable bonds is 6. The van der Waals surface area contributed by atoms with Crippen molar-refractivity contribution in [2.45, 2.75) is 30.6 Å². The summed E-state index contributed by atoms with van der Waals surface area (Å²) in [6.45, 7) is -0.928. The number of hydrogen-bond donors (Lipinski definition) is 4. The fraction of sp³-hybridized carbons (Fsp3) is 0.538. The summed E-state index contributed by atoms with van der Waals surface area (Å²) in [5, 5.41) is 17.6. The molecule has 1 aromatic heterocycles. The van der Waals surface area contributed by atoms with Crippen molar-refractivity contribution in [1.29, 1.82) is 0 Å². The molecule has 142 valence electrons. The molecule has 1 aromatic rings. The Kier molecular flexibility index (Phi) is 5.03. The van der Waals surface area contributed by atoms with Gasteiger partial charge in [-0.3, -0.25) is 20.0 Å². The van der Waals surface area contributed by atoms with Crippen molar-refractivity contribution in [2.75, 3.05) is 18.7 Å². The Morgan fingerprint density at radius 2 is 2.15 bits per heavy atom. The van der Waals surface area contributed by atoms with E-state index in [1.54, 1.807) is 5.48 Å². The number of aromatic nitrogens is 2. The number of nitrogens with zero attached hydrogens (tertiary/aromatic N) is 2. The van der Waals surface area contributed by atoms with E-state index in [0.717, 1.165) is 4.57 Å². The van der Waals surface area contributed by atoms with Crippen LogP contribution in [0.5, 0.6) is 0 Å². The number of aliphatic hydroxyl groups excluding tert-OH is 1. The van der Waals surface area contributed by atoms with Gasteiger partial charge in [0.25, 0.3) is 0 Å². The summed E-state index contributed by atoms with van der Waals surface area (Å²) >= 11 is 0. The van der Waals surface area contributed by atoms with E-state index in [2.05, 4.69) is 4.98 Å². The number of carbonyl (C=O) groups is 2. The van der Waals surface area contributed by atoms with Crippen LogP contribution in [-0.2, 0) is 23.7 Å². The number of aliphatic hydroxyl groups is 1. The maximum atomic E-state index is 12.1. The quantitative estimate of drug-likeness (QED) is 0.310. The van der Waals surface area contributed by atoms with Crippen molar-refractivity contribution in [3.05, 3.63) is 22.7 Å². The minimum atomic E-state index is -1.21. The molecular formula is C13H16N4O9. The summed E-state index contributed by atoms with van der Waals surface area (Å²) < 4.78 is 21.6. The van der Waals surface area contributed by atoms with Crippen LogP contribution in [0.1, 0.15) is 6.23 Å². The van der Waals surface area contributed by atoms with E-state index >= 15 is 0 Å². The Balaban J connectivity index is 1.77. The molecule has 0 aromatic carbocycles. The summed E-state index contributed by atoms with van der Waals surface area (Å²) in [4.78, 5) is 38.6. The molecular weight excluding hydrogens is 356 g/mol. The second-order valence-electron chi connectivity index (χ2n) is 5.51. The molecule has 2 aliphatic rings. The molecule has 2 fully saturated rings. The van der Waals surface area contributed by atoms with Gasteiger partial charge in [0.1, 0.15) is 18.8 Å². The highest BCUT2D eigenvalue weighted by Gasteiger charge is 2.55. The van der Waals surface area contributed by atoms with Crippen molar-refractivity contribution in [3.8, 4) is 0 Å². The van der Waals surface area contributed by atoms with Crippen molar-refractivity contribution < 1.29 is 38.9 Å². The van der Waals surface area contributed by atoms with Crippen LogP contribution in [-0.4, -0.2) is 69.6 Å². The molecule has 13 heteroatoms. The molecule has 0 saturated carbocycles. The van der Waals surface area contributed by atoms with Crippen molar-refractivity contribution >= 4 is 17.9 Å². The molecule has 0 radical (unpaired) electrons. The Hall–Kier alpha value is -2.74. The van der Waals surface area contributed by atoms with Gasteiger partial charge in [0.2, 0.25) is 0 Å². The van der Waals surface area contributed by atoms with E-state index in [9.17, 15) is 14.4 Å². The molecule has 2 aliphatic heterocycles. The third kappa shape index (κ3) is 3.32. The standard InChI is InChI=1S/C13H16N4O9/c14-5(3-18)11(19)23-4-6-8-9(26-13(21)25-8)10(24-6)17-2-1-7(16-22)15-12(17)20/h1-2,5-6,8-10,18,22H,3-4,14H2,(H,15,16,20)/t5-,6-,8-,9-,10-/m1/s1. The van der Waals surface area contributed by atoms with Crippen molar-refractivity contribution in [1.82, 2.24) is 9.55 Å². The monoisotopic (exact) mass is 372 g/mol. The maximum Gasteiger partial charge on any atom is 0.509 e. The van der Waals surface area contributed by atoms with Crippen LogP contribution < -0.4 is 16.9 Å². The van der Waals surface area contributed by atoms with Crippen molar-refractivity contribution in [2.24, 2.45) is 5.73 Å². The normalized spacial score (nSPS) is 28.0. The van der Waals surface area contributed by atoms with Crippen LogP contribution >= 0.6 is 0 Å². The highest BCUT2D eigenvalue weighted by molar-refractivity contribution is 5.75. The highest BCUT2D eigenvalue weighted by atomic mass is 16.8. The zero-order chi connectivity index (χ0) is 18.8. The van der Waals surface area contributed by atoms with E-state index in [4.69, 9.17) is 35.0 Å². The molecule has 3 heterocycles. The first-order valence-electron chi connectivity index (χ1n) is 7.49. The lowest BCUT2D eigenvalue weighted by Crippen LogP contribution is -2.39. The van der Waals surface area contributed by atoms with Gasteiger partial charge in [0, 0.05) is 6.20 Å². The van der Waals surface area contributed by atoms with Gasteiger partial charge in [-0.05, 0) is 6.07 Å². The van der Waals surface area contributed by atoms with Gasteiger partial charge in [-0.1, -0.05) is 0 Å². The summed E-state index contributed by atoms with van der Waals surface area (Å²) in [6, 6.07) is 0.0843. The van der Waals surface area contributed by atoms with Crippen molar-refractivity contribution in [3.63, 3.8) is 0 Å². The number of ether oxygens (including phenoxy) is 4. The number of fused-ring (bicyclic) bond motifs is 1. The molecule has 5 N–H and O–H groups in total. The molecule has 13 nitrogen and oxygen atoms in total. The van der Waals surface area contributed by atoms with Crippen LogP contribution in [0, 0.1) is 0 Å². The molecule has 0 aliphatic carbocycles. The molecule has 0 bridgehead atoms. The average molecular weight is 372 g/mol. The van der Waals surface area contributed by atoms with Gasteiger partial charge in [-0.2, -0.15) is 4.98 Å². The van der Waals surface area contributed by atoms with Crippen LogP contribution in [0.2, 0.25) is 0 Å². The van der Waals surface area contributed by atoms with Gasteiger partial charge in [0.05, 0.1) is 6.61 Å². The number of nitrogens with two attached hydrogens (primary N) is 1. The second-order valence-corrected chi connectivity index (χ2v) is 5.51. The molecule has 3 rings (SSSR count). The summed E-state index contributed by atoms with van der Waals surface area (Å²) in [7, 11) is 0. The predicted octanol–water partition coefficient (Wildman–Crippen LogP) is -2.29. The lowest BCUT2D eigenvalue weighted by molar-refractivity contribution is -0.153. The lowest BCUT2D eigenvalue weighted by atomic mass is 10.1. The highest BCUT2D eigenvalue weighted by Crippen LogP contribution is 2.37. The van der Waals surface area contributed by atoms with Gasteiger partial charge in [-0.25, -0.2) is 9.59 Å². The van der Waals surface area contributed by atoms with Crippen LogP contribution in [0.4, 0.5) is 10.6 Å². The van der Waals surface area contributed by atoms with Crippen LogP contribution in [0.15, 0.2) is 17.1 Å². The third-order valence-corrected chi connectivity index (χ3v) is 3.86. The lowest BCUT2D eigenvalue weighted by Gasteiger charge is -2.18. The van der Waals surface area contributed by atoms with E-state index in [-0.39, 0.29) is 12.4 Å². The fourth-order valence-corrected chi connectivity index (χ4v) is 2.60. The Morgan fingerprint density at radius 1 is 1.42 bits per heavy atom. The molecule has 0 amide bonds. The summed E-state index contributed by atoms with van der Waals surface area (Å²) in [5.41, 5.74) is 6.29. The largest absolute Gasteiger partial charge is 0.509 e. The third-order valence-electron chi connectivity index (χ3n) is 3.86. The average Bonchev–Trinajstić information content (AvgIpc) is 3.16. The van der Waals surface area contributed by atoms with Gasteiger partial charge in [0.15, 0.2) is 24.3 Å². The molecule has 26 heavy (non-hydrogen) atoms. The van der Waals surface area contributed by atoms with Crippen LogP contribution in [0.25, 0.3) is 0 Å². The molecule has 5 atom stereocenters. The summed E-state index contributed by atoms with van der Waals surface area (Å²) in [5.74, 6) is -0.942. The number of anilines is 1. The zero-order valence-electron chi connectivity index (χ0n) is 13.2. The molecule has 2 saturated heterocycles. The summed E-state index contributed by atoms with van der Waals surface area (Å²) in [6.07, 6.45) is -3.56. The van der Waals surface area contributed by atoms with Gasteiger partial charge < -0.3 is 29.8 Å². The Labute approximate surface area is 145 Å². The number of esters is 1. The maximum absolute atomic E-state index is 12.1. The SMILES string of the molecule is N[C@H](CO)C(=O)OC[C@H]1O[C@@H](n2ccc(NO)nc2=O)[C@@H]2OC(=O)O[C@@H]21. The van der Waals surface area contributed by atoms with E-state index in [1.807, 2.05) is 0 Å². The topological polar surface area (TPSA) is 184 Å². The van der Waals surface area contributed by atoms with Crippen LogP contribution in [0.3, 0.4) is 0 Å². The van der Waals surface area contributed by atoms with Gasteiger partial charge >= 0.3 is 17.8 Å². The smallest absolute Gasteiger partial charge is 0.462 e. The first-order valence-corrected chi connectivity index (χ1v) is 7.49. The second kappa shape index (κ2) is 7.25. The first-order chi connectivity index (χ1) is 12.4. The minimum absolute atomic E-state index is 0.0797. The Morgan fingerprint density at radius 3 is 2.81 bits per heavy atom. The number of carbonyl (C=O) groups excluding carboxylic acids is 2.